The molecule has 0 saturated carbocycles. The number of nitrogens with one attached hydrogen (secondary N) is 2. The van der Waals surface area contributed by atoms with Gasteiger partial charge >= 0.3 is 0 Å². The lowest BCUT2D eigenvalue weighted by molar-refractivity contribution is 0.0977. The maximum Gasteiger partial charge on any atom is 0.285 e. The van der Waals surface area contributed by atoms with Gasteiger partial charge in [-0.1, -0.05) is 17.7 Å². The van der Waals surface area contributed by atoms with Crippen LogP contribution in [0.3, 0.4) is 0 Å². The summed E-state index contributed by atoms with van der Waals surface area (Å²) >= 11 is 5.96. The summed E-state index contributed by atoms with van der Waals surface area (Å²) < 4.78 is 46.1. The number of amides is 1. The molecule has 0 aliphatic heterocycles. The average molecular weight is 569 g/mol. The van der Waals surface area contributed by atoms with Crippen molar-refractivity contribution in [2.45, 2.75) is 26.8 Å². The van der Waals surface area contributed by atoms with E-state index in [-0.39, 0.29) is 55.4 Å². The molecule has 1 atom stereocenters. The van der Waals surface area contributed by atoms with Crippen molar-refractivity contribution in [2.24, 2.45) is 0 Å². The van der Waals surface area contributed by atoms with Crippen LogP contribution in [0.15, 0.2) is 51.7 Å². The van der Waals surface area contributed by atoms with Crippen LogP contribution < -0.4 is 15.5 Å². The molecule has 0 saturated heterocycles. The molecule has 1 amide bonds. The summed E-state index contributed by atoms with van der Waals surface area (Å²) in [7, 11) is -3.88. The van der Waals surface area contributed by atoms with Crippen molar-refractivity contribution in [2.75, 3.05) is 11.6 Å². The van der Waals surface area contributed by atoms with Gasteiger partial charge in [-0.25, -0.2) is 22.5 Å². The molecular formula is C27H22ClFN4O5S. The summed E-state index contributed by atoms with van der Waals surface area (Å²) in [5.74, 6) is -1.66. The first-order valence-electron chi connectivity index (χ1n) is 11.5. The molecule has 0 radical (unpaired) electrons. The molecule has 39 heavy (non-hydrogen) atoms. The Labute approximate surface area is 228 Å². The summed E-state index contributed by atoms with van der Waals surface area (Å²) in [6.07, 6.45) is 0.834. The molecule has 0 spiro atoms. The van der Waals surface area contributed by atoms with Crippen molar-refractivity contribution in [3.8, 4) is 17.4 Å². The molecule has 4 aromatic rings. The summed E-state index contributed by atoms with van der Waals surface area (Å²) in [6, 6.07) is 11.4. The number of fused-ring (bicyclic) bond motifs is 1. The first-order chi connectivity index (χ1) is 18.3. The number of nitrogens with zero attached hydrogens (tertiary/aromatic N) is 2. The Morgan fingerprint density at radius 1 is 1.18 bits per heavy atom. The fraction of sp³-hybridized carbons (Fsp3) is 0.185. The number of anilines is 1. The van der Waals surface area contributed by atoms with Crippen LogP contribution in [-0.2, 0) is 10.0 Å². The lowest BCUT2D eigenvalue weighted by atomic mass is 9.98. The van der Waals surface area contributed by atoms with Crippen LogP contribution in [0.25, 0.3) is 22.3 Å². The van der Waals surface area contributed by atoms with E-state index in [1.165, 1.54) is 31.2 Å². The highest BCUT2D eigenvalue weighted by Crippen LogP contribution is 2.34. The monoisotopic (exact) mass is 568 g/mol. The number of benzene rings is 2. The molecule has 9 nitrogen and oxygen atoms in total. The summed E-state index contributed by atoms with van der Waals surface area (Å²) in [4.78, 5) is 30.0. The number of aromatic nitrogens is 1. The van der Waals surface area contributed by atoms with Gasteiger partial charge in [-0.3, -0.25) is 9.59 Å². The molecule has 0 bridgehead atoms. The molecule has 0 aliphatic rings. The Balaban J connectivity index is 1.88. The van der Waals surface area contributed by atoms with Gasteiger partial charge < -0.3 is 9.73 Å². The van der Waals surface area contributed by atoms with E-state index in [0.717, 1.165) is 17.9 Å². The average Bonchev–Trinajstić information content (AvgIpc) is 2.86. The van der Waals surface area contributed by atoms with Gasteiger partial charge in [0.1, 0.15) is 22.3 Å². The van der Waals surface area contributed by atoms with Crippen LogP contribution >= 0.6 is 11.6 Å². The normalized spacial score (nSPS) is 12.1. The molecule has 2 N–H and O–H groups in total. The minimum Gasteiger partial charge on any atom is -0.455 e. The van der Waals surface area contributed by atoms with E-state index in [2.05, 4.69) is 10.3 Å². The molecule has 2 aromatic heterocycles. The molecular weight excluding hydrogens is 547 g/mol. The van der Waals surface area contributed by atoms with Gasteiger partial charge in [-0.05, 0) is 62.7 Å². The molecule has 12 heteroatoms. The molecule has 2 heterocycles. The summed E-state index contributed by atoms with van der Waals surface area (Å²) in [5, 5.41) is 12.6. The Morgan fingerprint density at radius 2 is 1.90 bits per heavy atom. The zero-order valence-corrected chi connectivity index (χ0v) is 22.8. The van der Waals surface area contributed by atoms with Gasteiger partial charge in [0.05, 0.1) is 40.6 Å². The highest BCUT2D eigenvalue weighted by atomic mass is 35.5. The fourth-order valence-electron chi connectivity index (χ4n) is 4.17. The molecule has 0 aliphatic carbocycles. The second-order valence-electron chi connectivity index (χ2n) is 9.02. The molecule has 2 aromatic carbocycles. The standard InChI is InChI=1S/C27H22ClFN4O5S/c1-13-9-17(15(3)31-21-7-8-22(28)32-23(21)27(35)33-39(4,36)37)26-19(10-13)24(34)14(2)25(38-26)18-11-16(12-30)5-6-20(18)29/h5-11,15,31H,1-4H3,(H,33,35). The van der Waals surface area contributed by atoms with Crippen LogP contribution in [0.4, 0.5) is 10.1 Å². The summed E-state index contributed by atoms with van der Waals surface area (Å²) in [6.45, 7) is 5.05. The minimum absolute atomic E-state index is 0.0132. The van der Waals surface area contributed by atoms with Crippen LogP contribution in [-0.4, -0.2) is 25.6 Å². The van der Waals surface area contributed by atoms with E-state index < -0.39 is 27.8 Å². The van der Waals surface area contributed by atoms with Gasteiger partial charge in [0, 0.05) is 11.1 Å². The van der Waals surface area contributed by atoms with Gasteiger partial charge in [-0.2, -0.15) is 5.26 Å². The van der Waals surface area contributed by atoms with Crippen LogP contribution in [0.5, 0.6) is 0 Å². The number of aryl methyl sites for hydroxylation is 1. The number of hydrogen-bond donors (Lipinski definition) is 2. The predicted octanol–water partition coefficient (Wildman–Crippen LogP) is 5.00. The molecule has 0 fully saturated rings. The van der Waals surface area contributed by atoms with Crippen molar-refractivity contribution in [1.82, 2.24) is 9.71 Å². The molecule has 200 valence electrons. The number of sulfonamides is 1. The van der Waals surface area contributed by atoms with Gasteiger partial charge in [-0.15, -0.1) is 0 Å². The first kappa shape index (κ1) is 27.8. The number of carbonyl (C=O) groups is 1. The Kier molecular flexibility index (Phi) is 7.46. The van der Waals surface area contributed by atoms with Crippen LogP contribution in [0.1, 0.15) is 45.7 Å². The Hall–Kier alpha value is -4.27. The largest absolute Gasteiger partial charge is 0.455 e. The van der Waals surface area contributed by atoms with Crippen LogP contribution in [0.2, 0.25) is 5.15 Å². The van der Waals surface area contributed by atoms with Gasteiger partial charge in [0.25, 0.3) is 5.91 Å². The third-order valence-corrected chi connectivity index (χ3v) is 6.69. The van der Waals surface area contributed by atoms with E-state index in [1.807, 2.05) is 10.8 Å². The fourth-order valence-corrected chi connectivity index (χ4v) is 4.75. The Bertz CT molecular complexity index is 1870. The SMILES string of the molecule is Cc1cc(C(C)Nc2ccc(Cl)nc2C(=O)NS(C)(=O)=O)c2oc(-c3cc(C#N)ccc3F)c(C)c(=O)c2c1. The van der Waals surface area contributed by atoms with Gasteiger partial charge in [0.2, 0.25) is 10.0 Å². The highest BCUT2D eigenvalue weighted by molar-refractivity contribution is 7.89. The van der Waals surface area contributed by atoms with Crippen molar-refractivity contribution in [3.05, 3.63) is 91.6 Å². The van der Waals surface area contributed by atoms with Crippen molar-refractivity contribution in [1.29, 1.82) is 5.26 Å². The number of rotatable bonds is 6. The van der Waals surface area contributed by atoms with Crippen molar-refractivity contribution in [3.63, 3.8) is 0 Å². The zero-order chi connectivity index (χ0) is 28.6. The number of hydrogen-bond acceptors (Lipinski definition) is 8. The maximum atomic E-state index is 14.8. The first-order valence-corrected chi connectivity index (χ1v) is 13.8. The quantitative estimate of drug-likeness (QED) is 0.309. The number of nitriles is 1. The summed E-state index contributed by atoms with van der Waals surface area (Å²) in [5.41, 5.74) is 1.31. The van der Waals surface area contributed by atoms with E-state index in [9.17, 15) is 27.7 Å². The topological polar surface area (TPSA) is 142 Å². The number of halogens is 2. The van der Waals surface area contributed by atoms with Crippen LogP contribution in [0, 0.1) is 31.0 Å². The smallest absolute Gasteiger partial charge is 0.285 e. The third kappa shape index (κ3) is 5.77. The molecule has 1 unspecified atom stereocenters. The second-order valence-corrected chi connectivity index (χ2v) is 11.2. The lowest BCUT2D eigenvalue weighted by Gasteiger charge is -2.20. The lowest BCUT2D eigenvalue weighted by Crippen LogP contribution is -2.31. The van der Waals surface area contributed by atoms with E-state index in [4.69, 9.17) is 16.0 Å². The second kappa shape index (κ2) is 10.5. The maximum absolute atomic E-state index is 14.8. The number of carbonyl (C=O) groups excluding carboxylic acids is 1. The van der Waals surface area contributed by atoms with Gasteiger partial charge in [0.15, 0.2) is 11.1 Å². The predicted molar refractivity (Wildman–Crippen MR) is 146 cm³/mol. The van der Waals surface area contributed by atoms with E-state index >= 15 is 0 Å². The third-order valence-electron chi connectivity index (χ3n) is 5.92. The van der Waals surface area contributed by atoms with Crippen molar-refractivity contribution < 1.29 is 22.0 Å². The van der Waals surface area contributed by atoms with E-state index in [0.29, 0.717) is 5.56 Å². The van der Waals surface area contributed by atoms with Crippen molar-refractivity contribution >= 4 is 44.2 Å². The number of pyridine rings is 1. The minimum atomic E-state index is -3.88. The zero-order valence-electron chi connectivity index (χ0n) is 21.2. The highest BCUT2D eigenvalue weighted by Gasteiger charge is 2.23. The Morgan fingerprint density at radius 3 is 2.56 bits per heavy atom. The molecule has 4 rings (SSSR count). The van der Waals surface area contributed by atoms with E-state index in [1.54, 1.807) is 26.0 Å².